The van der Waals surface area contributed by atoms with Crippen molar-refractivity contribution in [2.75, 3.05) is 25.0 Å². The third-order valence-electron chi connectivity index (χ3n) is 6.19. The van der Waals surface area contributed by atoms with E-state index < -0.39 is 5.91 Å². The summed E-state index contributed by atoms with van der Waals surface area (Å²) in [6.45, 7) is 3.09. The lowest BCUT2D eigenvalue weighted by atomic mass is 9.83. The molecule has 2 aliphatic rings. The molecule has 6 nitrogen and oxygen atoms in total. The fraction of sp³-hybridized carbons (Fsp3) is 0.435. The Labute approximate surface area is 192 Å². The van der Waals surface area contributed by atoms with Crippen molar-refractivity contribution in [1.82, 2.24) is 15.2 Å². The van der Waals surface area contributed by atoms with Gasteiger partial charge in [0.1, 0.15) is 10.8 Å². The molecule has 31 heavy (non-hydrogen) atoms. The molecule has 4 rings (SSSR count). The second kappa shape index (κ2) is 9.98. The minimum Gasteiger partial charge on any atom is -0.352 e. The van der Waals surface area contributed by atoms with Gasteiger partial charge < -0.3 is 15.5 Å². The van der Waals surface area contributed by atoms with Crippen LogP contribution in [0.2, 0.25) is 10.2 Å². The molecule has 2 amide bonds. The van der Waals surface area contributed by atoms with E-state index in [-0.39, 0.29) is 21.8 Å². The summed E-state index contributed by atoms with van der Waals surface area (Å²) in [5.74, 6) is -0.0316. The Kier molecular flexibility index (Phi) is 7.10. The van der Waals surface area contributed by atoms with Gasteiger partial charge in [0.15, 0.2) is 0 Å². The molecule has 0 saturated carbocycles. The fourth-order valence-electron chi connectivity index (χ4n) is 4.61. The molecule has 8 heteroatoms. The number of hydrogen-bond donors (Lipinski definition) is 2. The average Bonchev–Trinajstić information content (AvgIpc) is 2.79. The molecule has 0 aliphatic carbocycles. The van der Waals surface area contributed by atoms with Crippen LogP contribution in [-0.2, 0) is 0 Å². The summed E-state index contributed by atoms with van der Waals surface area (Å²) in [5, 5.41) is 6.24. The van der Waals surface area contributed by atoms with Crippen LogP contribution in [-0.4, -0.2) is 47.4 Å². The summed E-state index contributed by atoms with van der Waals surface area (Å²) in [7, 11) is 0. The zero-order valence-corrected chi connectivity index (χ0v) is 18.8. The maximum absolute atomic E-state index is 12.6. The van der Waals surface area contributed by atoms with E-state index in [1.165, 1.54) is 57.3 Å². The van der Waals surface area contributed by atoms with Gasteiger partial charge in [-0.2, -0.15) is 0 Å². The average molecular weight is 461 g/mol. The van der Waals surface area contributed by atoms with Crippen LogP contribution in [0.3, 0.4) is 0 Å². The van der Waals surface area contributed by atoms with Crippen LogP contribution in [0, 0.1) is 5.92 Å². The summed E-state index contributed by atoms with van der Waals surface area (Å²) < 4.78 is 0. The number of pyridine rings is 1. The molecule has 0 bridgehead atoms. The molecule has 3 heterocycles. The van der Waals surface area contributed by atoms with E-state index in [9.17, 15) is 9.59 Å². The minimum atomic E-state index is -0.459. The number of nitrogens with zero attached hydrogens (tertiary/aromatic N) is 2. The summed E-state index contributed by atoms with van der Waals surface area (Å²) >= 11 is 11.9. The molecular formula is C23H26Cl2N4O2. The fourth-order valence-corrected chi connectivity index (χ4v) is 4.95. The first-order valence-corrected chi connectivity index (χ1v) is 11.5. The highest BCUT2D eigenvalue weighted by Gasteiger charge is 2.32. The number of rotatable bonds is 5. The first-order valence-electron chi connectivity index (χ1n) is 10.8. The van der Waals surface area contributed by atoms with Crippen LogP contribution in [0.4, 0.5) is 5.69 Å². The van der Waals surface area contributed by atoms with E-state index in [1.807, 2.05) is 0 Å². The van der Waals surface area contributed by atoms with Crippen LogP contribution in [0.25, 0.3) is 0 Å². The molecule has 0 unspecified atom stereocenters. The molecule has 164 valence electrons. The molecule has 2 N–H and O–H groups in total. The first-order chi connectivity index (χ1) is 15.0. The lowest BCUT2D eigenvalue weighted by Crippen LogP contribution is -2.51. The van der Waals surface area contributed by atoms with E-state index in [0.29, 0.717) is 29.8 Å². The minimum absolute atomic E-state index is 0.0558. The molecule has 2 fully saturated rings. The normalized spacial score (nSPS) is 21.2. The number of piperidine rings is 2. The number of nitrogens with one attached hydrogen (secondary N) is 2. The highest BCUT2D eigenvalue weighted by Crippen LogP contribution is 2.30. The van der Waals surface area contributed by atoms with Crippen molar-refractivity contribution >= 4 is 40.7 Å². The number of benzene rings is 1. The topological polar surface area (TPSA) is 74.3 Å². The number of fused-ring (bicyclic) bond motifs is 1. The second-order valence-electron chi connectivity index (χ2n) is 8.21. The second-order valence-corrected chi connectivity index (χ2v) is 9.00. The lowest BCUT2D eigenvalue weighted by Gasteiger charge is -2.44. The lowest BCUT2D eigenvalue weighted by molar-refractivity contribution is 0.0575. The van der Waals surface area contributed by atoms with Gasteiger partial charge in [-0.05, 0) is 81.1 Å². The number of anilines is 1. The summed E-state index contributed by atoms with van der Waals surface area (Å²) in [6.07, 6.45) is 6.19. The van der Waals surface area contributed by atoms with E-state index in [1.54, 1.807) is 24.3 Å². The third-order valence-corrected chi connectivity index (χ3v) is 6.70. The van der Waals surface area contributed by atoms with Gasteiger partial charge in [-0.25, -0.2) is 4.98 Å². The molecule has 1 aromatic heterocycles. The number of hydrogen-bond acceptors (Lipinski definition) is 4. The van der Waals surface area contributed by atoms with Crippen LogP contribution in [0.1, 0.15) is 53.0 Å². The van der Waals surface area contributed by atoms with Crippen LogP contribution in [0.15, 0.2) is 36.4 Å². The maximum atomic E-state index is 12.6. The Morgan fingerprint density at radius 2 is 1.74 bits per heavy atom. The van der Waals surface area contributed by atoms with Crippen LogP contribution >= 0.6 is 23.2 Å². The monoisotopic (exact) mass is 460 g/mol. The number of aromatic nitrogens is 1. The van der Waals surface area contributed by atoms with Crippen molar-refractivity contribution in [3.8, 4) is 0 Å². The Morgan fingerprint density at radius 3 is 2.55 bits per heavy atom. The number of carbonyl (C=O) groups is 2. The molecule has 1 aromatic carbocycles. The first kappa shape index (κ1) is 22.1. The quantitative estimate of drug-likeness (QED) is 0.637. The Morgan fingerprint density at radius 1 is 0.968 bits per heavy atom. The molecule has 2 saturated heterocycles. The van der Waals surface area contributed by atoms with Gasteiger partial charge in [0, 0.05) is 23.8 Å². The van der Waals surface area contributed by atoms with Crippen molar-refractivity contribution in [3.63, 3.8) is 0 Å². The highest BCUT2D eigenvalue weighted by atomic mass is 35.5. The zero-order valence-electron chi connectivity index (χ0n) is 17.2. The van der Waals surface area contributed by atoms with Gasteiger partial charge in [-0.15, -0.1) is 0 Å². The van der Waals surface area contributed by atoms with E-state index in [0.717, 1.165) is 0 Å². The van der Waals surface area contributed by atoms with Crippen molar-refractivity contribution in [1.29, 1.82) is 0 Å². The molecule has 2 aliphatic heterocycles. The predicted molar refractivity (Wildman–Crippen MR) is 123 cm³/mol. The molecule has 0 radical (unpaired) electrons. The smallest absolute Gasteiger partial charge is 0.275 e. The SMILES string of the molecule is O=C(NC[C@@H]1CCCN2CCCC[C@H]12)c1ccc(NC(=O)c2nc(Cl)ccc2Cl)cc1. The standard InChI is InChI=1S/C23H26Cl2N4O2/c24-18-10-11-20(25)28-21(18)23(31)27-17-8-6-15(7-9-17)22(30)26-14-16-4-3-13-29-12-2-1-5-19(16)29/h6-11,16,19H,1-5,12-14H2,(H,26,30)(H,27,31)/t16-,19+/m0/s1. The molecule has 0 spiro atoms. The molecule has 2 atom stereocenters. The summed E-state index contributed by atoms with van der Waals surface area (Å²) in [4.78, 5) is 31.6. The van der Waals surface area contributed by atoms with Gasteiger partial charge in [-0.1, -0.05) is 29.6 Å². The van der Waals surface area contributed by atoms with E-state index >= 15 is 0 Å². The number of carbonyl (C=O) groups excluding carboxylic acids is 2. The Bertz CT molecular complexity index is 949. The molecule has 2 aromatic rings. The zero-order chi connectivity index (χ0) is 21.8. The van der Waals surface area contributed by atoms with Crippen LogP contribution < -0.4 is 10.6 Å². The van der Waals surface area contributed by atoms with Crippen LogP contribution in [0.5, 0.6) is 0 Å². The van der Waals surface area contributed by atoms with E-state index in [2.05, 4.69) is 20.5 Å². The van der Waals surface area contributed by atoms with Gasteiger partial charge in [0.25, 0.3) is 11.8 Å². The van der Waals surface area contributed by atoms with Crippen molar-refractivity contribution in [2.24, 2.45) is 5.92 Å². The maximum Gasteiger partial charge on any atom is 0.275 e. The van der Waals surface area contributed by atoms with E-state index in [4.69, 9.17) is 23.2 Å². The number of amides is 2. The van der Waals surface area contributed by atoms with Gasteiger partial charge in [0.2, 0.25) is 0 Å². The van der Waals surface area contributed by atoms with Crippen molar-refractivity contribution < 1.29 is 9.59 Å². The Balaban J connectivity index is 1.33. The number of halogens is 2. The summed E-state index contributed by atoms with van der Waals surface area (Å²) in [6, 6.07) is 10.4. The van der Waals surface area contributed by atoms with Crippen molar-refractivity contribution in [2.45, 2.75) is 38.1 Å². The summed E-state index contributed by atoms with van der Waals surface area (Å²) in [5.41, 5.74) is 1.16. The highest BCUT2D eigenvalue weighted by molar-refractivity contribution is 6.35. The van der Waals surface area contributed by atoms with Gasteiger partial charge in [-0.3, -0.25) is 9.59 Å². The Hall–Kier alpha value is -2.15. The molecular weight excluding hydrogens is 435 g/mol. The van der Waals surface area contributed by atoms with Crippen molar-refractivity contribution in [3.05, 3.63) is 57.8 Å². The largest absolute Gasteiger partial charge is 0.352 e. The van der Waals surface area contributed by atoms with Gasteiger partial charge in [0.05, 0.1) is 5.02 Å². The predicted octanol–water partition coefficient (Wildman–Crippen LogP) is 4.64. The van der Waals surface area contributed by atoms with Gasteiger partial charge >= 0.3 is 0 Å². The third kappa shape index (κ3) is 5.37.